The Hall–Kier alpha value is -2.68. The van der Waals surface area contributed by atoms with E-state index in [0.717, 1.165) is 17.4 Å². The molecule has 20 heavy (non-hydrogen) atoms. The molecule has 0 aliphatic heterocycles. The van der Waals surface area contributed by atoms with Crippen molar-refractivity contribution in [1.82, 2.24) is 0 Å². The number of benzene rings is 2. The smallest absolute Gasteiger partial charge is 0.338 e. The Balaban J connectivity index is 2.42. The molecular weight excluding hydrogens is 252 g/mol. The minimum atomic E-state index is -0.397. The molecule has 2 rings (SSSR count). The molecule has 0 spiro atoms. The second-order valence-electron chi connectivity index (χ2n) is 4.26. The number of ether oxygens (including phenoxy) is 1. The Bertz CT molecular complexity index is 654. The SMILES string of the molecule is C=C(c1ccc(C=O)cc1)c1ccccc1C(=O)OC. The first kappa shape index (κ1) is 13.7. The Morgan fingerprint density at radius 3 is 2.20 bits per heavy atom. The molecule has 2 aromatic rings. The predicted molar refractivity (Wildman–Crippen MR) is 77.7 cm³/mol. The molecule has 0 amide bonds. The summed E-state index contributed by atoms with van der Waals surface area (Å²) >= 11 is 0. The lowest BCUT2D eigenvalue weighted by Crippen LogP contribution is -2.05. The Labute approximate surface area is 117 Å². The second kappa shape index (κ2) is 5.97. The molecule has 0 atom stereocenters. The van der Waals surface area contributed by atoms with Crippen molar-refractivity contribution in [2.24, 2.45) is 0 Å². The van der Waals surface area contributed by atoms with Gasteiger partial charge in [-0.3, -0.25) is 4.79 Å². The molecule has 0 heterocycles. The summed E-state index contributed by atoms with van der Waals surface area (Å²) in [5, 5.41) is 0. The van der Waals surface area contributed by atoms with Crippen LogP contribution in [0.2, 0.25) is 0 Å². The average Bonchev–Trinajstić information content (AvgIpc) is 2.53. The van der Waals surface area contributed by atoms with Gasteiger partial charge in [0.1, 0.15) is 6.29 Å². The molecule has 0 fully saturated rings. The van der Waals surface area contributed by atoms with Crippen LogP contribution in [0.5, 0.6) is 0 Å². The molecule has 0 aromatic heterocycles. The summed E-state index contributed by atoms with van der Waals surface area (Å²) in [7, 11) is 1.35. The van der Waals surface area contributed by atoms with Gasteiger partial charge < -0.3 is 4.74 Å². The zero-order valence-corrected chi connectivity index (χ0v) is 11.1. The highest BCUT2D eigenvalue weighted by Crippen LogP contribution is 2.25. The van der Waals surface area contributed by atoms with Gasteiger partial charge in [-0.25, -0.2) is 4.79 Å². The topological polar surface area (TPSA) is 43.4 Å². The standard InChI is InChI=1S/C17H14O3/c1-12(14-9-7-13(11-18)8-10-14)15-5-3-4-6-16(15)17(19)20-2/h3-11H,1H2,2H3. The summed E-state index contributed by atoms with van der Waals surface area (Å²) in [6.45, 7) is 4.03. The summed E-state index contributed by atoms with van der Waals surface area (Å²) < 4.78 is 4.77. The molecule has 0 N–H and O–H groups in total. The second-order valence-corrected chi connectivity index (χ2v) is 4.26. The number of aldehydes is 1. The Kier molecular flexibility index (Phi) is 4.11. The van der Waals surface area contributed by atoms with Crippen molar-refractivity contribution < 1.29 is 14.3 Å². The average molecular weight is 266 g/mol. The molecule has 100 valence electrons. The minimum Gasteiger partial charge on any atom is -0.465 e. The number of methoxy groups -OCH3 is 1. The predicted octanol–water partition coefficient (Wildman–Crippen LogP) is 3.35. The van der Waals surface area contributed by atoms with E-state index >= 15 is 0 Å². The lowest BCUT2D eigenvalue weighted by molar-refractivity contribution is 0.0600. The fraction of sp³-hybridized carbons (Fsp3) is 0.0588. The van der Waals surface area contributed by atoms with Crippen LogP contribution in [0.1, 0.15) is 31.8 Å². The van der Waals surface area contributed by atoms with E-state index in [1.807, 2.05) is 12.1 Å². The first-order valence-corrected chi connectivity index (χ1v) is 6.09. The molecular formula is C17H14O3. The molecule has 0 aliphatic carbocycles. The molecule has 3 heteroatoms. The van der Waals surface area contributed by atoms with Gasteiger partial charge in [0.2, 0.25) is 0 Å². The fourth-order valence-corrected chi connectivity index (χ4v) is 1.95. The number of carbonyl (C=O) groups excluding carboxylic acids is 2. The molecule has 0 saturated carbocycles. The Morgan fingerprint density at radius 2 is 1.65 bits per heavy atom. The van der Waals surface area contributed by atoms with Crippen molar-refractivity contribution in [3.8, 4) is 0 Å². The third kappa shape index (κ3) is 2.67. The molecule has 2 aromatic carbocycles. The van der Waals surface area contributed by atoms with Crippen molar-refractivity contribution in [2.75, 3.05) is 7.11 Å². The third-order valence-corrected chi connectivity index (χ3v) is 3.05. The number of rotatable bonds is 4. The summed E-state index contributed by atoms with van der Waals surface area (Å²) in [6, 6.07) is 14.2. The lowest BCUT2D eigenvalue weighted by Gasteiger charge is -2.11. The monoisotopic (exact) mass is 266 g/mol. The van der Waals surface area contributed by atoms with Gasteiger partial charge in [0, 0.05) is 5.56 Å². The molecule has 0 bridgehead atoms. The maximum Gasteiger partial charge on any atom is 0.338 e. The van der Waals surface area contributed by atoms with Crippen molar-refractivity contribution in [2.45, 2.75) is 0 Å². The van der Waals surface area contributed by atoms with Crippen LogP contribution in [0.25, 0.3) is 5.57 Å². The van der Waals surface area contributed by atoms with Crippen LogP contribution >= 0.6 is 0 Å². The number of esters is 1. The van der Waals surface area contributed by atoms with E-state index in [1.165, 1.54) is 7.11 Å². The lowest BCUT2D eigenvalue weighted by atomic mass is 9.95. The van der Waals surface area contributed by atoms with E-state index in [2.05, 4.69) is 6.58 Å². The molecule has 0 unspecified atom stereocenters. The van der Waals surface area contributed by atoms with E-state index in [-0.39, 0.29) is 0 Å². The summed E-state index contributed by atoms with van der Waals surface area (Å²) in [6.07, 6.45) is 0.787. The maximum absolute atomic E-state index is 11.8. The normalized spacial score (nSPS) is 9.85. The van der Waals surface area contributed by atoms with Gasteiger partial charge in [0.15, 0.2) is 0 Å². The highest BCUT2D eigenvalue weighted by molar-refractivity contribution is 5.97. The van der Waals surface area contributed by atoms with Crippen LogP contribution < -0.4 is 0 Å². The van der Waals surface area contributed by atoms with Gasteiger partial charge in [0.25, 0.3) is 0 Å². The van der Waals surface area contributed by atoms with E-state index in [0.29, 0.717) is 16.7 Å². The third-order valence-electron chi connectivity index (χ3n) is 3.05. The van der Waals surface area contributed by atoms with Crippen LogP contribution in [0, 0.1) is 0 Å². The van der Waals surface area contributed by atoms with Gasteiger partial charge in [-0.2, -0.15) is 0 Å². The van der Waals surface area contributed by atoms with E-state index in [1.54, 1.807) is 36.4 Å². The van der Waals surface area contributed by atoms with Crippen LogP contribution in [0.3, 0.4) is 0 Å². The van der Waals surface area contributed by atoms with Crippen molar-refractivity contribution in [3.63, 3.8) is 0 Å². The number of hydrogen-bond donors (Lipinski definition) is 0. The van der Waals surface area contributed by atoms with E-state index in [4.69, 9.17) is 4.74 Å². The quantitative estimate of drug-likeness (QED) is 0.629. The first-order valence-electron chi connectivity index (χ1n) is 6.09. The summed E-state index contributed by atoms with van der Waals surface area (Å²) in [4.78, 5) is 22.4. The fourth-order valence-electron chi connectivity index (χ4n) is 1.95. The van der Waals surface area contributed by atoms with Gasteiger partial charge in [-0.15, -0.1) is 0 Å². The van der Waals surface area contributed by atoms with Gasteiger partial charge in [-0.1, -0.05) is 49.0 Å². The summed E-state index contributed by atoms with van der Waals surface area (Å²) in [5.74, 6) is -0.397. The van der Waals surface area contributed by atoms with Crippen LogP contribution in [-0.2, 0) is 4.74 Å². The van der Waals surface area contributed by atoms with E-state index < -0.39 is 5.97 Å². The molecule has 3 nitrogen and oxygen atoms in total. The van der Waals surface area contributed by atoms with Gasteiger partial charge >= 0.3 is 5.97 Å². The van der Waals surface area contributed by atoms with Crippen molar-refractivity contribution in [3.05, 3.63) is 77.4 Å². The zero-order valence-electron chi connectivity index (χ0n) is 11.1. The number of carbonyl (C=O) groups is 2. The largest absolute Gasteiger partial charge is 0.465 e. The van der Waals surface area contributed by atoms with E-state index in [9.17, 15) is 9.59 Å². The van der Waals surface area contributed by atoms with Crippen molar-refractivity contribution in [1.29, 1.82) is 0 Å². The van der Waals surface area contributed by atoms with Crippen LogP contribution in [0.4, 0.5) is 0 Å². The molecule has 0 radical (unpaired) electrons. The first-order chi connectivity index (χ1) is 9.67. The van der Waals surface area contributed by atoms with Crippen LogP contribution in [-0.4, -0.2) is 19.4 Å². The van der Waals surface area contributed by atoms with Crippen molar-refractivity contribution >= 4 is 17.8 Å². The number of hydrogen-bond acceptors (Lipinski definition) is 3. The van der Waals surface area contributed by atoms with Crippen LogP contribution in [0.15, 0.2) is 55.1 Å². The molecule has 0 saturated heterocycles. The summed E-state index contributed by atoms with van der Waals surface area (Å²) in [5.41, 5.74) is 3.36. The minimum absolute atomic E-state index is 0.397. The molecule has 0 aliphatic rings. The highest BCUT2D eigenvalue weighted by Gasteiger charge is 2.14. The maximum atomic E-state index is 11.8. The highest BCUT2D eigenvalue weighted by atomic mass is 16.5. The Morgan fingerprint density at radius 1 is 1.05 bits per heavy atom. The zero-order chi connectivity index (χ0) is 14.5. The van der Waals surface area contributed by atoms with Gasteiger partial charge in [0.05, 0.1) is 12.7 Å². The van der Waals surface area contributed by atoms with Gasteiger partial charge in [-0.05, 0) is 22.8 Å².